The van der Waals surface area contributed by atoms with Crippen molar-refractivity contribution in [3.8, 4) is 0 Å². The predicted molar refractivity (Wildman–Crippen MR) is 187 cm³/mol. The van der Waals surface area contributed by atoms with Crippen LogP contribution < -0.4 is 0 Å². The Morgan fingerprint density at radius 1 is 0.711 bits per heavy atom. The van der Waals surface area contributed by atoms with Crippen LogP contribution in [-0.2, 0) is 27.9 Å². The summed E-state index contributed by atoms with van der Waals surface area (Å²) in [6, 6.07) is 0. The molecule has 0 radical (unpaired) electrons. The van der Waals surface area contributed by atoms with E-state index in [-0.39, 0.29) is 25.8 Å². The topological polar surface area (TPSA) is 91.3 Å². The van der Waals surface area contributed by atoms with Crippen LogP contribution in [0.5, 0.6) is 0 Å². The molecule has 0 aromatic rings. The monoisotopic (exact) mass is 658 g/mol. The molecule has 0 saturated heterocycles. The first kappa shape index (κ1) is 43.7. The molecule has 0 aromatic carbocycles. The van der Waals surface area contributed by atoms with Crippen molar-refractivity contribution >= 4 is 13.8 Å². The molecule has 0 spiro atoms. The molecule has 0 saturated carbocycles. The predicted octanol–water partition coefficient (Wildman–Crippen LogP) is 9.48. The van der Waals surface area contributed by atoms with E-state index in [1.54, 1.807) is 0 Å². The second kappa shape index (κ2) is 30.1. The van der Waals surface area contributed by atoms with E-state index in [2.05, 4.69) is 50.3 Å². The Labute approximate surface area is 276 Å². The first-order valence-electron chi connectivity index (χ1n) is 17.7. The molecule has 8 nitrogen and oxygen atoms in total. The van der Waals surface area contributed by atoms with Crippen molar-refractivity contribution in [3.63, 3.8) is 0 Å². The molecule has 0 amide bonds. The van der Waals surface area contributed by atoms with Gasteiger partial charge < -0.3 is 18.9 Å². The number of hydrogen-bond acceptors (Lipinski definition) is 6. The number of carbonyl (C=O) groups excluding carboxylic acids is 1. The van der Waals surface area contributed by atoms with Gasteiger partial charge in [0.15, 0.2) is 0 Å². The van der Waals surface area contributed by atoms with E-state index in [4.69, 9.17) is 18.5 Å². The van der Waals surface area contributed by atoms with Crippen molar-refractivity contribution in [1.82, 2.24) is 0 Å². The maximum atomic E-state index is 12.5. The maximum Gasteiger partial charge on any atom is 0.472 e. The SMILES string of the molecule is CC/C=C\C/C=C\C/C=C\CCCCCCOCC(COP(=O)(O)OCC[N+](C)(C)C)OC(=O)CCCCCCCCCCC. The second-order valence-corrected chi connectivity index (χ2v) is 14.3. The second-order valence-electron chi connectivity index (χ2n) is 12.9. The van der Waals surface area contributed by atoms with E-state index < -0.39 is 13.9 Å². The van der Waals surface area contributed by atoms with Gasteiger partial charge in [-0.2, -0.15) is 0 Å². The van der Waals surface area contributed by atoms with Gasteiger partial charge in [-0.05, 0) is 44.9 Å². The van der Waals surface area contributed by atoms with Crippen molar-refractivity contribution in [2.45, 2.75) is 136 Å². The summed E-state index contributed by atoms with van der Waals surface area (Å²) in [5, 5.41) is 0. The van der Waals surface area contributed by atoms with Crippen LogP contribution in [0.4, 0.5) is 0 Å². The molecule has 9 heteroatoms. The number of carbonyl (C=O) groups is 1. The van der Waals surface area contributed by atoms with Crippen LogP contribution in [0.3, 0.4) is 0 Å². The third-order valence-electron chi connectivity index (χ3n) is 7.22. The number of phosphoric acid groups is 1. The molecular formula is C36H69NO7P+. The van der Waals surface area contributed by atoms with Crippen molar-refractivity contribution in [1.29, 1.82) is 0 Å². The number of hydrogen-bond donors (Lipinski definition) is 1. The molecular weight excluding hydrogens is 589 g/mol. The molecule has 0 aromatic heterocycles. The Kier molecular flexibility index (Phi) is 29.2. The number of rotatable bonds is 32. The number of phosphoric ester groups is 1. The van der Waals surface area contributed by atoms with Crippen molar-refractivity contribution in [2.75, 3.05) is 54.1 Å². The van der Waals surface area contributed by atoms with E-state index in [0.717, 1.165) is 70.6 Å². The summed E-state index contributed by atoms with van der Waals surface area (Å²) >= 11 is 0. The fraction of sp³-hybridized carbons (Fsp3) is 0.806. The molecule has 0 rings (SSSR count). The van der Waals surface area contributed by atoms with Crippen LogP contribution in [0.2, 0.25) is 0 Å². The zero-order valence-corrected chi connectivity index (χ0v) is 30.5. The number of nitrogens with zero attached hydrogens (tertiary/aromatic N) is 1. The summed E-state index contributed by atoms with van der Waals surface area (Å²) in [5.41, 5.74) is 0. The fourth-order valence-corrected chi connectivity index (χ4v) is 5.19. The first-order valence-corrected chi connectivity index (χ1v) is 19.2. The highest BCUT2D eigenvalue weighted by Crippen LogP contribution is 2.43. The van der Waals surface area contributed by atoms with E-state index >= 15 is 0 Å². The van der Waals surface area contributed by atoms with Crippen molar-refractivity contribution < 1.29 is 37.3 Å². The molecule has 0 heterocycles. The third-order valence-corrected chi connectivity index (χ3v) is 8.20. The van der Waals surface area contributed by atoms with E-state index in [0.29, 0.717) is 24.1 Å². The number of unbranched alkanes of at least 4 members (excludes halogenated alkanes) is 12. The van der Waals surface area contributed by atoms with E-state index in [1.807, 2.05) is 21.1 Å². The highest BCUT2D eigenvalue weighted by Gasteiger charge is 2.26. The van der Waals surface area contributed by atoms with Gasteiger partial charge in [0, 0.05) is 13.0 Å². The van der Waals surface area contributed by atoms with Crippen LogP contribution >= 0.6 is 7.82 Å². The Balaban J connectivity index is 4.36. The Morgan fingerprint density at radius 2 is 1.29 bits per heavy atom. The molecule has 2 atom stereocenters. The normalized spacial score (nSPS) is 14.5. The molecule has 0 bridgehead atoms. The lowest BCUT2D eigenvalue weighted by Gasteiger charge is -2.24. The standard InChI is InChI=1S/C36H68NO7P/c1-6-8-10-12-14-16-17-18-19-20-22-24-26-28-31-41-33-35(34-43-45(39,40)42-32-30-37(3,4)5)44-36(38)29-27-25-23-21-15-13-11-9-7-2/h8,10,14,16,18-19,35H,6-7,9,11-13,15,17,20-34H2,1-5H3/p+1/b10-8-,16-14-,19-18-. The van der Waals surface area contributed by atoms with Gasteiger partial charge in [0.25, 0.3) is 0 Å². The summed E-state index contributed by atoms with van der Waals surface area (Å²) in [5.74, 6) is -0.328. The van der Waals surface area contributed by atoms with Crippen molar-refractivity contribution in [3.05, 3.63) is 36.5 Å². The van der Waals surface area contributed by atoms with Crippen LogP contribution in [0, 0.1) is 0 Å². The summed E-state index contributed by atoms with van der Waals surface area (Å²) < 4.78 is 34.7. The Bertz CT molecular complexity index is 823. The van der Waals surface area contributed by atoms with E-state index in [1.165, 1.54) is 38.5 Å². The minimum Gasteiger partial charge on any atom is -0.457 e. The minimum absolute atomic E-state index is 0.0839. The van der Waals surface area contributed by atoms with Gasteiger partial charge in [-0.25, -0.2) is 4.57 Å². The van der Waals surface area contributed by atoms with Crippen LogP contribution in [0.15, 0.2) is 36.5 Å². The summed E-state index contributed by atoms with van der Waals surface area (Å²) in [6.07, 6.45) is 31.8. The molecule has 1 N–H and O–H groups in total. The van der Waals surface area contributed by atoms with Gasteiger partial charge in [-0.1, -0.05) is 115 Å². The van der Waals surface area contributed by atoms with Gasteiger partial charge in [0.1, 0.15) is 19.3 Å². The molecule has 0 aliphatic rings. The number of likely N-dealkylation sites (N-methyl/N-ethyl adjacent to an activating group) is 1. The van der Waals surface area contributed by atoms with Crippen molar-refractivity contribution in [2.24, 2.45) is 0 Å². The Morgan fingerprint density at radius 3 is 1.93 bits per heavy atom. The lowest BCUT2D eigenvalue weighted by atomic mass is 10.1. The van der Waals surface area contributed by atoms with Gasteiger partial charge >= 0.3 is 13.8 Å². The number of quaternary nitrogens is 1. The quantitative estimate of drug-likeness (QED) is 0.0253. The lowest BCUT2D eigenvalue weighted by molar-refractivity contribution is -0.870. The average molecular weight is 659 g/mol. The largest absolute Gasteiger partial charge is 0.472 e. The van der Waals surface area contributed by atoms with E-state index in [9.17, 15) is 14.3 Å². The highest BCUT2D eigenvalue weighted by atomic mass is 31.2. The minimum atomic E-state index is -4.26. The lowest BCUT2D eigenvalue weighted by Crippen LogP contribution is -2.37. The molecule has 0 aliphatic carbocycles. The molecule has 0 aliphatic heterocycles. The molecule has 264 valence electrons. The zero-order chi connectivity index (χ0) is 33.5. The first-order chi connectivity index (χ1) is 21.6. The molecule has 2 unspecified atom stereocenters. The smallest absolute Gasteiger partial charge is 0.457 e. The van der Waals surface area contributed by atoms with Gasteiger partial charge in [-0.3, -0.25) is 13.8 Å². The van der Waals surface area contributed by atoms with Gasteiger partial charge in [0.2, 0.25) is 0 Å². The average Bonchev–Trinajstić information content (AvgIpc) is 2.98. The molecule has 0 fully saturated rings. The van der Waals surface area contributed by atoms with Crippen LogP contribution in [0.25, 0.3) is 0 Å². The zero-order valence-electron chi connectivity index (χ0n) is 29.6. The summed E-state index contributed by atoms with van der Waals surface area (Å²) in [7, 11) is 1.65. The number of allylic oxidation sites excluding steroid dienone is 6. The fourth-order valence-electron chi connectivity index (χ4n) is 4.45. The summed E-state index contributed by atoms with van der Waals surface area (Å²) in [6.45, 7) is 5.41. The van der Waals surface area contributed by atoms with Gasteiger partial charge in [-0.15, -0.1) is 0 Å². The highest BCUT2D eigenvalue weighted by molar-refractivity contribution is 7.47. The van der Waals surface area contributed by atoms with Crippen LogP contribution in [-0.4, -0.2) is 75.6 Å². The maximum absolute atomic E-state index is 12.5. The van der Waals surface area contributed by atoms with Gasteiger partial charge in [0.05, 0.1) is 34.4 Å². The Hall–Kier alpha value is -1.28. The molecule has 45 heavy (non-hydrogen) atoms. The number of esters is 1. The number of ether oxygens (including phenoxy) is 2. The van der Waals surface area contributed by atoms with Crippen LogP contribution in [0.1, 0.15) is 129 Å². The third kappa shape index (κ3) is 33.9. The summed E-state index contributed by atoms with van der Waals surface area (Å²) in [4.78, 5) is 22.6.